The summed E-state index contributed by atoms with van der Waals surface area (Å²) in [5.74, 6) is 0. The van der Waals surface area contributed by atoms with Crippen LogP contribution in [0.5, 0.6) is 0 Å². The molecule has 3 nitrogen and oxygen atoms in total. The highest BCUT2D eigenvalue weighted by Crippen LogP contribution is 2.31. The van der Waals surface area contributed by atoms with Gasteiger partial charge in [0, 0.05) is 10.9 Å². The zero-order valence-electron chi connectivity index (χ0n) is 11.2. The molecule has 2 aromatic rings. The topological polar surface area (TPSA) is 62.7 Å². The van der Waals surface area contributed by atoms with Crippen LogP contribution in [0, 0.1) is 11.3 Å². The first-order valence-electron chi connectivity index (χ1n) is 6.38. The number of hydrogen-bond acceptors (Lipinski definition) is 4. The molecular weight excluding hydrogens is 254 g/mol. The third-order valence-corrected chi connectivity index (χ3v) is 4.54. The third-order valence-electron chi connectivity index (χ3n) is 3.48. The van der Waals surface area contributed by atoms with Crippen LogP contribution < -0.4 is 5.73 Å². The van der Waals surface area contributed by atoms with Crippen molar-refractivity contribution in [2.75, 3.05) is 0 Å². The summed E-state index contributed by atoms with van der Waals surface area (Å²) in [6.45, 7) is 4.17. The molecular formula is C15H17N3S. The summed E-state index contributed by atoms with van der Waals surface area (Å²) in [6, 6.07) is 9.64. The van der Waals surface area contributed by atoms with E-state index >= 15 is 0 Å². The van der Waals surface area contributed by atoms with Crippen molar-refractivity contribution >= 4 is 11.3 Å². The molecule has 1 aromatic heterocycles. The fraction of sp³-hybridized carbons (Fsp3) is 0.333. The van der Waals surface area contributed by atoms with E-state index in [4.69, 9.17) is 11.0 Å². The molecule has 0 saturated carbocycles. The molecule has 98 valence electrons. The molecule has 0 spiro atoms. The van der Waals surface area contributed by atoms with E-state index in [0.717, 1.165) is 29.1 Å². The van der Waals surface area contributed by atoms with Crippen LogP contribution in [0.1, 0.15) is 37.3 Å². The highest BCUT2D eigenvalue weighted by molar-refractivity contribution is 7.10. The van der Waals surface area contributed by atoms with Crippen molar-refractivity contribution in [3.8, 4) is 17.3 Å². The smallest absolute Gasteiger partial charge is 0.113 e. The minimum absolute atomic E-state index is 0.338. The molecule has 0 aliphatic carbocycles. The zero-order valence-corrected chi connectivity index (χ0v) is 12.0. The summed E-state index contributed by atoms with van der Waals surface area (Å²) >= 11 is 1.59. The fourth-order valence-electron chi connectivity index (χ4n) is 1.94. The molecule has 0 radical (unpaired) electrons. The van der Waals surface area contributed by atoms with Gasteiger partial charge in [0.1, 0.15) is 5.01 Å². The number of nitrogens with two attached hydrogens (primary N) is 1. The Morgan fingerprint density at radius 1 is 1.37 bits per heavy atom. The summed E-state index contributed by atoms with van der Waals surface area (Å²) in [7, 11) is 0. The Bertz CT molecular complexity index is 606. The first kappa shape index (κ1) is 13.7. The van der Waals surface area contributed by atoms with Crippen molar-refractivity contribution < 1.29 is 0 Å². The average Bonchev–Trinajstić information content (AvgIpc) is 2.97. The number of rotatable bonds is 4. The Kier molecular flexibility index (Phi) is 3.98. The van der Waals surface area contributed by atoms with E-state index in [2.05, 4.69) is 24.9 Å². The SMILES string of the molecule is CCC(N)(CC)c1nc(-c2cccc(C#N)c2)cs1. The van der Waals surface area contributed by atoms with Gasteiger partial charge in [-0.3, -0.25) is 0 Å². The van der Waals surface area contributed by atoms with Gasteiger partial charge in [-0.25, -0.2) is 4.98 Å². The molecule has 4 heteroatoms. The van der Waals surface area contributed by atoms with E-state index in [1.54, 1.807) is 17.4 Å². The number of nitrogens with zero attached hydrogens (tertiary/aromatic N) is 2. The quantitative estimate of drug-likeness (QED) is 0.923. The van der Waals surface area contributed by atoms with E-state index in [1.807, 2.05) is 23.6 Å². The second-order valence-electron chi connectivity index (χ2n) is 4.59. The predicted octanol–water partition coefficient (Wildman–Crippen LogP) is 3.66. The Hall–Kier alpha value is -1.70. The van der Waals surface area contributed by atoms with Crippen molar-refractivity contribution in [3.05, 3.63) is 40.2 Å². The van der Waals surface area contributed by atoms with E-state index in [0.29, 0.717) is 5.56 Å². The van der Waals surface area contributed by atoms with Crippen molar-refractivity contribution in [1.29, 1.82) is 5.26 Å². The van der Waals surface area contributed by atoms with Crippen LogP contribution in [-0.4, -0.2) is 4.98 Å². The summed E-state index contributed by atoms with van der Waals surface area (Å²) < 4.78 is 0. The maximum Gasteiger partial charge on any atom is 0.113 e. The van der Waals surface area contributed by atoms with E-state index in [9.17, 15) is 0 Å². The maximum absolute atomic E-state index is 8.93. The van der Waals surface area contributed by atoms with Crippen LogP contribution in [-0.2, 0) is 5.54 Å². The molecule has 2 N–H and O–H groups in total. The highest BCUT2D eigenvalue weighted by atomic mass is 32.1. The van der Waals surface area contributed by atoms with Crippen molar-refractivity contribution in [2.45, 2.75) is 32.2 Å². The molecule has 2 rings (SSSR count). The molecule has 0 bridgehead atoms. The molecule has 0 aliphatic rings. The zero-order chi connectivity index (χ0) is 13.9. The molecule has 19 heavy (non-hydrogen) atoms. The summed E-state index contributed by atoms with van der Waals surface area (Å²) in [6.07, 6.45) is 1.74. The van der Waals surface area contributed by atoms with Gasteiger partial charge in [-0.05, 0) is 25.0 Å². The van der Waals surface area contributed by atoms with E-state index < -0.39 is 0 Å². The average molecular weight is 271 g/mol. The Morgan fingerprint density at radius 3 is 2.74 bits per heavy atom. The lowest BCUT2D eigenvalue weighted by Gasteiger charge is -2.23. The van der Waals surface area contributed by atoms with Crippen LogP contribution in [0.3, 0.4) is 0 Å². The number of benzene rings is 1. The van der Waals surface area contributed by atoms with Gasteiger partial charge in [0.25, 0.3) is 0 Å². The Balaban J connectivity index is 2.38. The molecule has 0 saturated heterocycles. The predicted molar refractivity (Wildman–Crippen MR) is 78.7 cm³/mol. The molecule has 0 unspecified atom stereocenters. The van der Waals surface area contributed by atoms with Crippen LogP contribution in [0.15, 0.2) is 29.6 Å². The monoisotopic (exact) mass is 271 g/mol. The lowest BCUT2D eigenvalue weighted by atomic mass is 9.95. The van der Waals surface area contributed by atoms with Crippen LogP contribution >= 0.6 is 11.3 Å². The summed E-state index contributed by atoms with van der Waals surface area (Å²) in [5, 5.41) is 11.9. The lowest BCUT2D eigenvalue weighted by Crippen LogP contribution is -2.34. The van der Waals surface area contributed by atoms with Crippen LogP contribution in [0.2, 0.25) is 0 Å². The molecule has 0 fully saturated rings. The summed E-state index contributed by atoms with van der Waals surface area (Å²) in [5.41, 5.74) is 8.54. The molecule has 0 atom stereocenters. The Morgan fingerprint density at radius 2 is 2.11 bits per heavy atom. The van der Waals surface area contributed by atoms with E-state index in [-0.39, 0.29) is 5.54 Å². The summed E-state index contributed by atoms with van der Waals surface area (Å²) in [4.78, 5) is 4.65. The minimum atomic E-state index is -0.338. The van der Waals surface area contributed by atoms with Gasteiger partial charge in [-0.2, -0.15) is 5.26 Å². The standard InChI is InChI=1S/C15H17N3S/c1-3-15(17,4-2)14-18-13(10-19-14)12-7-5-6-11(8-12)9-16/h5-8,10H,3-4,17H2,1-2H3. The fourth-order valence-corrected chi connectivity index (χ4v) is 3.02. The van der Waals surface area contributed by atoms with Gasteiger partial charge in [0.15, 0.2) is 0 Å². The van der Waals surface area contributed by atoms with Crippen molar-refractivity contribution in [3.63, 3.8) is 0 Å². The van der Waals surface area contributed by atoms with E-state index in [1.165, 1.54) is 0 Å². The first-order valence-corrected chi connectivity index (χ1v) is 7.26. The van der Waals surface area contributed by atoms with Gasteiger partial charge >= 0.3 is 0 Å². The number of aromatic nitrogens is 1. The Labute approximate surface area is 117 Å². The van der Waals surface area contributed by atoms with Crippen LogP contribution in [0.25, 0.3) is 11.3 Å². The second kappa shape index (κ2) is 5.52. The van der Waals surface area contributed by atoms with Gasteiger partial charge in [0.2, 0.25) is 0 Å². The maximum atomic E-state index is 8.93. The number of thiazole rings is 1. The second-order valence-corrected chi connectivity index (χ2v) is 5.45. The molecule has 0 amide bonds. The first-order chi connectivity index (χ1) is 9.12. The largest absolute Gasteiger partial charge is 0.319 e. The van der Waals surface area contributed by atoms with Crippen LogP contribution in [0.4, 0.5) is 0 Å². The lowest BCUT2D eigenvalue weighted by molar-refractivity contribution is 0.411. The van der Waals surface area contributed by atoms with Gasteiger partial charge < -0.3 is 5.73 Å². The normalized spacial score (nSPS) is 11.3. The van der Waals surface area contributed by atoms with Gasteiger partial charge in [-0.15, -0.1) is 11.3 Å². The number of nitriles is 1. The highest BCUT2D eigenvalue weighted by Gasteiger charge is 2.26. The number of hydrogen-bond donors (Lipinski definition) is 1. The molecule has 1 aromatic carbocycles. The third kappa shape index (κ3) is 2.67. The molecule has 0 aliphatic heterocycles. The van der Waals surface area contributed by atoms with Gasteiger partial charge in [0.05, 0.1) is 22.9 Å². The van der Waals surface area contributed by atoms with Crippen molar-refractivity contribution in [1.82, 2.24) is 4.98 Å². The minimum Gasteiger partial charge on any atom is -0.319 e. The van der Waals surface area contributed by atoms with Gasteiger partial charge in [-0.1, -0.05) is 26.0 Å². The van der Waals surface area contributed by atoms with Crippen molar-refractivity contribution in [2.24, 2.45) is 5.73 Å². The molecule has 1 heterocycles.